The minimum Gasteiger partial charge on any atom is -0.293 e. The van der Waals surface area contributed by atoms with Crippen molar-refractivity contribution in [2.75, 3.05) is 0 Å². The van der Waals surface area contributed by atoms with Gasteiger partial charge in [0.05, 0.1) is 27.6 Å². The van der Waals surface area contributed by atoms with Crippen LogP contribution in [0.25, 0.3) is 23.3 Å². The Bertz CT molecular complexity index is 2570. The van der Waals surface area contributed by atoms with Crippen LogP contribution in [0, 0.1) is 29.5 Å². The molecule has 2 aromatic heterocycles. The van der Waals surface area contributed by atoms with Crippen molar-refractivity contribution in [1.29, 1.82) is 0 Å². The van der Waals surface area contributed by atoms with Gasteiger partial charge in [-0.3, -0.25) is 24.5 Å². The van der Waals surface area contributed by atoms with Gasteiger partial charge in [0.25, 0.3) is 11.1 Å². The molecule has 2 aliphatic carbocycles. The SMILES string of the molecule is O=C1CC(=O)/C(=C/c2ccnc(CC3CCC(CCCc4ccc(F)cc4)CC3)n2)S1.O=C1NC(=O)/C(=C/c2ccnc(CC3CCC(CCCc4cccc(-c5ccccc5)c4)CC3)n2)S1. The molecule has 9 rings (SSSR count). The van der Waals surface area contributed by atoms with E-state index in [0.29, 0.717) is 33.0 Å². The molecule has 9 nitrogen and oxygen atoms in total. The first-order chi connectivity index (χ1) is 32.7. The Hall–Kier alpha value is -5.59. The summed E-state index contributed by atoms with van der Waals surface area (Å²) >= 11 is 1.93. The van der Waals surface area contributed by atoms with E-state index in [0.717, 1.165) is 79.1 Å². The lowest BCUT2D eigenvalue weighted by Crippen LogP contribution is -2.18. The Morgan fingerprint density at radius 3 is 1.69 bits per heavy atom. The van der Waals surface area contributed by atoms with Gasteiger partial charge in [0, 0.05) is 25.2 Å². The van der Waals surface area contributed by atoms with Gasteiger partial charge in [0.15, 0.2) is 5.78 Å². The van der Waals surface area contributed by atoms with Crippen molar-refractivity contribution in [3.63, 3.8) is 0 Å². The van der Waals surface area contributed by atoms with E-state index in [2.05, 4.69) is 79.9 Å². The molecule has 12 heteroatoms. The normalized spacial score (nSPS) is 21.9. The van der Waals surface area contributed by atoms with Crippen molar-refractivity contribution in [3.05, 3.63) is 153 Å². The number of halogens is 1. The summed E-state index contributed by atoms with van der Waals surface area (Å²) in [4.78, 5) is 65.4. The fourth-order valence-corrected chi connectivity index (χ4v) is 11.2. The number of nitrogens with one attached hydrogen (secondary N) is 1. The van der Waals surface area contributed by atoms with Crippen molar-refractivity contribution in [1.82, 2.24) is 25.3 Å². The van der Waals surface area contributed by atoms with E-state index >= 15 is 0 Å². The second kappa shape index (κ2) is 23.9. The lowest BCUT2D eigenvalue weighted by molar-refractivity contribution is -0.119. The number of allylic oxidation sites excluding steroid dienone is 1. The van der Waals surface area contributed by atoms with Gasteiger partial charge in [-0.25, -0.2) is 24.3 Å². The molecule has 2 saturated heterocycles. The fraction of sp³-hybridized carbons (Fsp3) is 0.382. The number of rotatable bonds is 15. The zero-order chi connectivity index (χ0) is 46.4. The van der Waals surface area contributed by atoms with Crippen LogP contribution in [-0.4, -0.2) is 42.0 Å². The standard InChI is InChI=1S/C30H31N3O2S.C25H27FN2O2S/c34-29-27(36-30(35)33-29)20-26-16-17-31-28(32-26)19-23-14-12-21(13-15-23)6-4-7-22-8-5-11-25(18-22)24-9-2-1-3-10-24;26-20-10-8-18(9-11-20)3-1-2-17-4-6-19(7-5-17)14-24-27-13-12-21(28-24)15-23-22(29)16-25(30)31-23/h1-3,5,8-11,16-18,20-21,23H,4,6-7,12-15,19H2,(H,33,34,35);8-13,15,17,19H,1-7,14,16H2/b27-20-;23-15-. The van der Waals surface area contributed by atoms with E-state index in [1.807, 2.05) is 12.1 Å². The summed E-state index contributed by atoms with van der Waals surface area (Å²) < 4.78 is 13.0. The summed E-state index contributed by atoms with van der Waals surface area (Å²) in [6.07, 6.45) is 25.5. The molecule has 4 aliphatic rings. The highest BCUT2D eigenvalue weighted by molar-refractivity contribution is 8.18. The summed E-state index contributed by atoms with van der Waals surface area (Å²) in [5.41, 5.74) is 6.60. The van der Waals surface area contributed by atoms with Gasteiger partial charge in [0.2, 0.25) is 5.12 Å². The molecule has 4 fully saturated rings. The maximum atomic E-state index is 13.0. The van der Waals surface area contributed by atoms with E-state index < -0.39 is 0 Å². The number of Topliss-reactive ketones (excluding diaryl/α,β-unsaturated/α-hetero) is 1. The molecule has 1 N–H and O–H groups in total. The lowest BCUT2D eigenvalue weighted by atomic mass is 9.78. The first kappa shape index (κ1) is 47.9. The van der Waals surface area contributed by atoms with Gasteiger partial charge in [-0.1, -0.05) is 105 Å². The third kappa shape index (κ3) is 14.7. The molecule has 5 aromatic rings. The van der Waals surface area contributed by atoms with Crippen LogP contribution in [0.2, 0.25) is 0 Å². The molecule has 3 aromatic carbocycles. The zero-order valence-electron chi connectivity index (χ0n) is 37.9. The molecule has 2 amide bonds. The highest BCUT2D eigenvalue weighted by atomic mass is 32.2. The maximum absolute atomic E-state index is 13.0. The number of nitrogens with zero attached hydrogens (tertiary/aromatic N) is 4. The van der Waals surface area contributed by atoms with E-state index in [1.165, 1.54) is 105 Å². The smallest absolute Gasteiger partial charge is 0.290 e. The van der Waals surface area contributed by atoms with Crippen molar-refractivity contribution >= 4 is 57.7 Å². The first-order valence-corrected chi connectivity index (χ1v) is 25.5. The Labute approximate surface area is 401 Å². The predicted molar refractivity (Wildman–Crippen MR) is 266 cm³/mol. The molecular weight excluding hydrogens is 878 g/mol. The number of carbonyl (C=O) groups excluding carboxylic acids is 4. The van der Waals surface area contributed by atoms with Crippen LogP contribution in [0.4, 0.5) is 9.18 Å². The van der Waals surface area contributed by atoms with E-state index in [-0.39, 0.29) is 34.3 Å². The molecule has 0 spiro atoms. The number of imide groups is 1. The average molecular weight is 936 g/mol. The van der Waals surface area contributed by atoms with Crippen LogP contribution in [0.5, 0.6) is 0 Å². The van der Waals surface area contributed by atoms with Crippen molar-refractivity contribution in [2.45, 2.75) is 109 Å². The molecule has 2 aliphatic heterocycles. The number of carbonyl (C=O) groups is 4. The van der Waals surface area contributed by atoms with Crippen LogP contribution in [-0.2, 0) is 40.1 Å². The summed E-state index contributed by atoms with van der Waals surface area (Å²) in [7, 11) is 0. The Kier molecular flexibility index (Phi) is 17.1. The zero-order valence-corrected chi connectivity index (χ0v) is 39.5. The average Bonchev–Trinajstić information content (AvgIpc) is 3.84. The third-order valence-corrected chi connectivity index (χ3v) is 15.2. The molecule has 0 bridgehead atoms. The van der Waals surface area contributed by atoms with Gasteiger partial charge in [-0.15, -0.1) is 0 Å². The van der Waals surface area contributed by atoms with Gasteiger partial charge in [0.1, 0.15) is 17.5 Å². The predicted octanol–water partition coefficient (Wildman–Crippen LogP) is 12.4. The van der Waals surface area contributed by atoms with Gasteiger partial charge < -0.3 is 0 Å². The van der Waals surface area contributed by atoms with Gasteiger partial charge in [-0.2, -0.15) is 0 Å². The van der Waals surface area contributed by atoms with E-state index in [4.69, 9.17) is 0 Å². The number of benzene rings is 3. The first-order valence-electron chi connectivity index (χ1n) is 23.9. The van der Waals surface area contributed by atoms with E-state index in [1.54, 1.807) is 36.7 Å². The Balaban J connectivity index is 0.000000184. The second-order valence-corrected chi connectivity index (χ2v) is 20.5. The molecule has 2 saturated carbocycles. The van der Waals surface area contributed by atoms with Crippen LogP contribution in [0.15, 0.2) is 113 Å². The molecule has 67 heavy (non-hydrogen) atoms. The van der Waals surface area contributed by atoms with Gasteiger partial charge >= 0.3 is 0 Å². The second-order valence-electron chi connectivity index (χ2n) is 18.4. The molecule has 0 unspecified atom stereocenters. The largest absolute Gasteiger partial charge is 0.293 e. The highest BCUT2D eigenvalue weighted by Gasteiger charge is 2.28. The Morgan fingerprint density at radius 2 is 1.13 bits per heavy atom. The number of ketones is 1. The van der Waals surface area contributed by atoms with Crippen LogP contribution < -0.4 is 5.32 Å². The third-order valence-electron chi connectivity index (χ3n) is 13.4. The highest BCUT2D eigenvalue weighted by Crippen LogP contribution is 2.36. The van der Waals surface area contributed by atoms with Crippen LogP contribution >= 0.6 is 23.5 Å². The molecular formula is C55H58FN5O4S2. The minimum atomic E-state index is -0.354. The number of hydrogen-bond acceptors (Lipinski definition) is 10. The lowest BCUT2D eigenvalue weighted by Gasteiger charge is -2.28. The van der Waals surface area contributed by atoms with Gasteiger partial charge in [-0.05, 0) is 157 Å². The molecule has 0 radical (unpaired) electrons. The summed E-state index contributed by atoms with van der Waals surface area (Å²) in [6, 6.07) is 30.0. The van der Waals surface area contributed by atoms with Crippen molar-refractivity contribution in [2.24, 2.45) is 23.7 Å². The Morgan fingerprint density at radius 1 is 0.582 bits per heavy atom. The topological polar surface area (TPSA) is 132 Å². The summed E-state index contributed by atoms with van der Waals surface area (Å²) in [5, 5.41) is 1.85. The van der Waals surface area contributed by atoms with Crippen molar-refractivity contribution in [3.8, 4) is 11.1 Å². The fourth-order valence-electron chi connectivity index (χ4n) is 9.76. The monoisotopic (exact) mass is 935 g/mol. The summed E-state index contributed by atoms with van der Waals surface area (Å²) in [5.74, 6) is 3.78. The number of aromatic nitrogens is 4. The number of thioether (sulfide) groups is 2. The number of hydrogen-bond donors (Lipinski definition) is 1. The van der Waals surface area contributed by atoms with Crippen LogP contribution in [0.3, 0.4) is 0 Å². The summed E-state index contributed by atoms with van der Waals surface area (Å²) in [6.45, 7) is 0. The number of aryl methyl sites for hydroxylation is 2. The maximum Gasteiger partial charge on any atom is 0.290 e. The van der Waals surface area contributed by atoms with Crippen LogP contribution in [0.1, 0.15) is 118 Å². The minimum absolute atomic E-state index is 0.0123. The quantitative estimate of drug-likeness (QED) is 0.0799. The molecule has 0 atom stereocenters. The molecule has 346 valence electrons. The number of amides is 2. The van der Waals surface area contributed by atoms with E-state index in [9.17, 15) is 23.6 Å². The van der Waals surface area contributed by atoms with Crippen molar-refractivity contribution < 1.29 is 23.6 Å². The molecule has 4 heterocycles.